The van der Waals surface area contributed by atoms with Crippen LogP contribution in [0.4, 0.5) is 0 Å². The highest BCUT2D eigenvalue weighted by Crippen LogP contribution is 2.36. The van der Waals surface area contributed by atoms with Gasteiger partial charge in [-0.15, -0.1) is 0 Å². The molecule has 2 aliphatic heterocycles. The summed E-state index contributed by atoms with van der Waals surface area (Å²) < 4.78 is 16.1. The molecule has 0 radical (unpaired) electrons. The average molecular weight is 364 g/mol. The van der Waals surface area contributed by atoms with Gasteiger partial charge in [-0.25, -0.2) is 9.97 Å². The Bertz CT molecular complexity index is 988. The van der Waals surface area contributed by atoms with E-state index >= 15 is 0 Å². The largest absolute Gasteiger partial charge is 0.454 e. The molecule has 0 aliphatic carbocycles. The van der Waals surface area contributed by atoms with Crippen molar-refractivity contribution in [1.82, 2.24) is 20.0 Å². The van der Waals surface area contributed by atoms with Crippen molar-refractivity contribution in [2.45, 2.75) is 18.9 Å². The SMILES string of the molecule is O=C(c1cc(-c2ccc3c(c2)OCO3)on1)N1CCCC1c1ccncn1. The number of likely N-dealkylation sites (tertiary alicyclic amines) is 1. The Labute approximate surface area is 154 Å². The number of ether oxygens (including phenoxy) is 2. The van der Waals surface area contributed by atoms with Gasteiger partial charge in [0.2, 0.25) is 6.79 Å². The first-order chi connectivity index (χ1) is 13.3. The summed E-state index contributed by atoms with van der Waals surface area (Å²) in [6, 6.07) is 8.92. The maximum Gasteiger partial charge on any atom is 0.276 e. The quantitative estimate of drug-likeness (QED) is 0.706. The van der Waals surface area contributed by atoms with Crippen LogP contribution in [0.3, 0.4) is 0 Å². The van der Waals surface area contributed by atoms with E-state index in [1.807, 2.05) is 24.3 Å². The third-order valence-corrected chi connectivity index (χ3v) is 4.85. The number of nitrogens with zero attached hydrogens (tertiary/aromatic N) is 4. The minimum Gasteiger partial charge on any atom is -0.454 e. The van der Waals surface area contributed by atoms with E-state index in [-0.39, 0.29) is 24.4 Å². The van der Waals surface area contributed by atoms with Crippen LogP contribution in [0.2, 0.25) is 0 Å². The summed E-state index contributed by atoms with van der Waals surface area (Å²) >= 11 is 0. The molecule has 5 rings (SSSR count). The van der Waals surface area contributed by atoms with Crippen molar-refractivity contribution in [2.75, 3.05) is 13.3 Å². The van der Waals surface area contributed by atoms with Crippen LogP contribution >= 0.6 is 0 Å². The van der Waals surface area contributed by atoms with Gasteiger partial charge in [0.1, 0.15) is 6.33 Å². The molecule has 1 saturated heterocycles. The molecule has 1 atom stereocenters. The van der Waals surface area contributed by atoms with E-state index in [1.54, 1.807) is 17.2 Å². The van der Waals surface area contributed by atoms with Crippen LogP contribution < -0.4 is 9.47 Å². The van der Waals surface area contributed by atoms with E-state index in [4.69, 9.17) is 14.0 Å². The van der Waals surface area contributed by atoms with Crippen LogP contribution in [-0.2, 0) is 0 Å². The molecule has 27 heavy (non-hydrogen) atoms. The lowest BCUT2D eigenvalue weighted by molar-refractivity contribution is 0.0722. The number of carbonyl (C=O) groups is 1. The molecular formula is C19H16N4O4. The second-order valence-corrected chi connectivity index (χ2v) is 6.44. The molecule has 2 aromatic heterocycles. The summed E-state index contributed by atoms with van der Waals surface area (Å²) in [5.74, 6) is 1.70. The third-order valence-electron chi connectivity index (χ3n) is 4.85. The molecule has 1 fully saturated rings. The topological polar surface area (TPSA) is 90.6 Å². The number of carbonyl (C=O) groups excluding carboxylic acids is 1. The summed E-state index contributed by atoms with van der Waals surface area (Å²) in [5, 5.41) is 3.99. The number of benzene rings is 1. The van der Waals surface area contributed by atoms with Crippen molar-refractivity contribution in [3.8, 4) is 22.8 Å². The van der Waals surface area contributed by atoms with Gasteiger partial charge in [-0.05, 0) is 37.1 Å². The van der Waals surface area contributed by atoms with E-state index in [0.29, 0.717) is 23.8 Å². The molecular weight excluding hydrogens is 348 g/mol. The van der Waals surface area contributed by atoms with Crippen LogP contribution in [-0.4, -0.2) is 39.3 Å². The lowest BCUT2D eigenvalue weighted by Gasteiger charge is -2.22. The monoisotopic (exact) mass is 364 g/mol. The van der Waals surface area contributed by atoms with Crippen LogP contribution in [0, 0.1) is 0 Å². The summed E-state index contributed by atoms with van der Waals surface area (Å²) in [6.07, 6.45) is 4.99. The Kier molecular flexibility index (Phi) is 3.74. The number of fused-ring (bicyclic) bond motifs is 1. The van der Waals surface area contributed by atoms with E-state index in [9.17, 15) is 4.79 Å². The van der Waals surface area contributed by atoms with Gasteiger partial charge in [0.15, 0.2) is 23.0 Å². The van der Waals surface area contributed by atoms with Gasteiger partial charge >= 0.3 is 0 Å². The lowest BCUT2D eigenvalue weighted by atomic mass is 10.1. The normalized spacial score (nSPS) is 18.1. The Morgan fingerprint density at radius 3 is 2.96 bits per heavy atom. The maximum absolute atomic E-state index is 13.0. The van der Waals surface area contributed by atoms with Crippen molar-refractivity contribution in [3.05, 3.63) is 54.2 Å². The first-order valence-corrected chi connectivity index (χ1v) is 8.73. The molecule has 0 spiro atoms. The minimum absolute atomic E-state index is 0.0637. The Morgan fingerprint density at radius 1 is 1.15 bits per heavy atom. The molecule has 8 nitrogen and oxygen atoms in total. The Balaban J connectivity index is 1.40. The van der Waals surface area contributed by atoms with Crippen molar-refractivity contribution < 1.29 is 18.8 Å². The van der Waals surface area contributed by atoms with Gasteiger partial charge in [0.05, 0.1) is 11.7 Å². The average Bonchev–Trinajstić information content (AvgIpc) is 3.47. The predicted octanol–water partition coefficient (Wildman–Crippen LogP) is 2.84. The number of rotatable bonds is 3. The van der Waals surface area contributed by atoms with Crippen molar-refractivity contribution in [1.29, 1.82) is 0 Å². The van der Waals surface area contributed by atoms with Gasteiger partial charge in [-0.1, -0.05) is 5.16 Å². The second-order valence-electron chi connectivity index (χ2n) is 6.44. The molecule has 3 aromatic rings. The fourth-order valence-corrected chi connectivity index (χ4v) is 3.52. The molecule has 0 N–H and O–H groups in total. The van der Waals surface area contributed by atoms with Crippen molar-refractivity contribution in [2.24, 2.45) is 0 Å². The molecule has 1 aromatic carbocycles. The standard InChI is InChI=1S/C19H16N4O4/c24-19(23-7-1-2-15(23)13-5-6-20-10-21-13)14-9-17(27-22-14)12-3-4-16-18(8-12)26-11-25-16/h3-6,8-10,15H,1-2,7,11H2. The highest BCUT2D eigenvalue weighted by molar-refractivity contribution is 5.93. The number of aromatic nitrogens is 3. The van der Waals surface area contributed by atoms with E-state index in [0.717, 1.165) is 24.1 Å². The van der Waals surface area contributed by atoms with Gasteiger partial charge in [-0.3, -0.25) is 4.79 Å². The molecule has 2 aliphatic rings. The Hall–Kier alpha value is -3.42. The first kappa shape index (κ1) is 15.8. The predicted molar refractivity (Wildman–Crippen MR) is 93.1 cm³/mol. The zero-order valence-corrected chi connectivity index (χ0v) is 14.4. The van der Waals surface area contributed by atoms with E-state index in [1.165, 1.54) is 6.33 Å². The smallest absolute Gasteiger partial charge is 0.276 e. The molecule has 1 amide bonds. The first-order valence-electron chi connectivity index (χ1n) is 8.73. The summed E-state index contributed by atoms with van der Waals surface area (Å²) in [7, 11) is 0. The van der Waals surface area contributed by atoms with Crippen molar-refractivity contribution in [3.63, 3.8) is 0 Å². The zero-order chi connectivity index (χ0) is 18.2. The maximum atomic E-state index is 13.0. The van der Waals surface area contributed by atoms with Gasteiger partial charge in [0, 0.05) is 24.4 Å². The van der Waals surface area contributed by atoms with Gasteiger partial charge in [0.25, 0.3) is 5.91 Å². The summed E-state index contributed by atoms with van der Waals surface area (Å²) in [5.41, 5.74) is 1.90. The van der Waals surface area contributed by atoms with Crippen molar-refractivity contribution >= 4 is 5.91 Å². The second kappa shape index (κ2) is 6.39. The molecule has 4 heterocycles. The number of hydrogen-bond donors (Lipinski definition) is 0. The lowest BCUT2D eigenvalue weighted by Crippen LogP contribution is -2.31. The summed E-state index contributed by atoms with van der Waals surface area (Å²) in [4.78, 5) is 23.0. The van der Waals surface area contributed by atoms with Crippen LogP contribution in [0.5, 0.6) is 11.5 Å². The Morgan fingerprint density at radius 2 is 2.07 bits per heavy atom. The number of hydrogen-bond acceptors (Lipinski definition) is 7. The fraction of sp³-hybridized carbons (Fsp3) is 0.263. The molecule has 8 heteroatoms. The fourth-order valence-electron chi connectivity index (χ4n) is 3.52. The number of amides is 1. The van der Waals surface area contributed by atoms with Gasteiger partial charge < -0.3 is 18.9 Å². The third kappa shape index (κ3) is 2.79. The highest BCUT2D eigenvalue weighted by atomic mass is 16.7. The van der Waals surface area contributed by atoms with E-state index < -0.39 is 0 Å². The van der Waals surface area contributed by atoms with Crippen LogP contribution in [0.1, 0.15) is 35.1 Å². The van der Waals surface area contributed by atoms with Gasteiger partial charge in [-0.2, -0.15) is 0 Å². The minimum atomic E-state index is -0.160. The molecule has 0 bridgehead atoms. The zero-order valence-electron chi connectivity index (χ0n) is 14.4. The summed E-state index contributed by atoms with van der Waals surface area (Å²) in [6.45, 7) is 0.873. The molecule has 0 saturated carbocycles. The molecule has 136 valence electrons. The van der Waals surface area contributed by atoms with E-state index in [2.05, 4.69) is 15.1 Å². The molecule has 1 unspecified atom stereocenters. The highest BCUT2D eigenvalue weighted by Gasteiger charge is 2.33. The van der Waals surface area contributed by atoms with Crippen LogP contribution in [0.15, 0.2) is 47.4 Å². The van der Waals surface area contributed by atoms with Crippen LogP contribution in [0.25, 0.3) is 11.3 Å².